The maximum Gasteiger partial charge on any atom is 0.251 e. The highest BCUT2D eigenvalue weighted by molar-refractivity contribution is 7.09. The van der Waals surface area contributed by atoms with E-state index in [2.05, 4.69) is 16.4 Å². The Morgan fingerprint density at radius 2 is 2.29 bits per heavy atom. The second-order valence-electron chi connectivity index (χ2n) is 5.68. The number of benzene rings is 1. The third-order valence-corrected chi connectivity index (χ3v) is 4.86. The van der Waals surface area contributed by atoms with Crippen molar-refractivity contribution < 1.29 is 9.21 Å². The van der Waals surface area contributed by atoms with Gasteiger partial charge in [0.15, 0.2) is 0 Å². The lowest BCUT2D eigenvalue weighted by Gasteiger charge is -2.15. The first-order chi connectivity index (χ1) is 11.7. The zero-order valence-corrected chi connectivity index (χ0v) is 14.0. The second kappa shape index (κ2) is 6.09. The van der Waals surface area contributed by atoms with Crippen LogP contribution in [0.4, 0.5) is 5.69 Å². The lowest BCUT2D eigenvalue weighted by atomic mass is 10.1. The van der Waals surface area contributed by atoms with E-state index in [1.165, 1.54) is 5.56 Å². The van der Waals surface area contributed by atoms with Crippen LogP contribution >= 0.6 is 11.3 Å². The van der Waals surface area contributed by atoms with Crippen molar-refractivity contribution >= 4 is 29.0 Å². The van der Waals surface area contributed by atoms with Gasteiger partial charge in [-0.05, 0) is 49.2 Å². The molecule has 0 aliphatic carbocycles. The number of nitrogens with zero attached hydrogens (tertiary/aromatic N) is 2. The van der Waals surface area contributed by atoms with Crippen molar-refractivity contribution in [2.45, 2.75) is 13.3 Å². The molecule has 2 aromatic heterocycles. The molecule has 1 aliphatic heterocycles. The average molecular weight is 336 g/mol. The van der Waals surface area contributed by atoms with Crippen LogP contribution in [0.1, 0.15) is 16.3 Å². The summed E-state index contributed by atoms with van der Waals surface area (Å²) >= 11 is 1.65. The Balaban J connectivity index is 1.57. The summed E-state index contributed by atoms with van der Waals surface area (Å²) in [4.78, 5) is 18.8. The average Bonchev–Trinajstić information content (AvgIpc) is 3.32. The molecule has 3 heterocycles. The molecule has 4 rings (SSSR count). The predicted molar refractivity (Wildman–Crippen MR) is 96.1 cm³/mol. The van der Waals surface area contributed by atoms with E-state index in [1.54, 1.807) is 35.8 Å². The summed E-state index contributed by atoms with van der Waals surface area (Å²) in [5.41, 5.74) is 4.29. The van der Waals surface area contributed by atoms with Gasteiger partial charge in [-0.25, -0.2) is 4.98 Å². The van der Waals surface area contributed by atoms with Crippen LogP contribution < -0.4 is 4.90 Å². The molecule has 0 unspecified atom stereocenters. The Morgan fingerprint density at radius 3 is 3.04 bits per heavy atom. The van der Waals surface area contributed by atoms with Gasteiger partial charge in [0.25, 0.3) is 5.91 Å². The summed E-state index contributed by atoms with van der Waals surface area (Å²) in [6.45, 7) is 2.71. The molecule has 0 saturated carbocycles. The van der Waals surface area contributed by atoms with Crippen molar-refractivity contribution in [1.82, 2.24) is 4.98 Å². The SMILES string of the molecule is Cc1nc(-c2ccc3c(c2)CCN3C(=O)/C=C/c2ccco2)cs1. The molecule has 24 heavy (non-hydrogen) atoms. The van der Waals surface area contributed by atoms with Gasteiger partial charge in [0.2, 0.25) is 0 Å². The number of fused-ring (bicyclic) bond motifs is 1. The van der Waals surface area contributed by atoms with Gasteiger partial charge in [-0.1, -0.05) is 6.07 Å². The van der Waals surface area contributed by atoms with Crippen LogP contribution in [0.25, 0.3) is 17.3 Å². The Hall–Kier alpha value is -2.66. The van der Waals surface area contributed by atoms with Crippen molar-refractivity contribution in [3.63, 3.8) is 0 Å². The van der Waals surface area contributed by atoms with E-state index in [4.69, 9.17) is 4.42 Å². The van der Waals surface area contributed by atoms with Gasteiger partial charge in [-0.3, -0.25) is 4.79 Å². The molecule has 0 radical (unpaired) electrons. The number of hydrogen-bond acceptors (Lipinski definition) is 4. The van der Waals surface area contributed by atoms with Crippen LogP contribution in [-0.4, -0.2) is 17.4 Å². The third-order valence-electron chi connectivity index (χ3n) is 4.09. The highest BCUT2D eigenvalue weighted by atomic mass is 32.1. The minimum Gasteiger partial charge on any atom is -0.465 e. The number of carbonyl (C=O) groups is 1. The van der Waals surface area contributed by atoms with Crippen molar-refractivity contribution in [1.29, 1.82) is 0 Å². The number of amides is 1. The van der Waals surface area contributed by atoms with Crippen molar-refractivity contribution in [2.24, 2.45) is 0 Å². The van der Waals surface area contributed by atoms with E-state index >= 15 is 0 Å². The zero-order chi connectivity index (χ0) is 16.5. The van der Waals surface area contributed by atoms with E-state index in [9.17, 15) is 4.79 Å². The fraction of sp³-hybridized carbons (Fsp3) is 0.158. The molecule has 0 saturated heterocycles. The Labute approximate surface area is 144 Å². The molecule has 4 nitrogen and oxygen atoms in total. The van der Waals surface area contributed by atoms with E-state index in [0.717, 1.165) is 28.4 Å². The summed E-state index contributed by atoms with van der Waals surface area (Å²) in [5, 5.41) is 3.13. The Bertz CT molecular complexity index is 909. The second-order valence-corrected chi connectivity index (χ2v) is 6.75. The molecule has 1 aliphatic rings. The van der Waals surface area contributed by atoms with Crippen LogP contribution in [0.3, 0.4) is 0 Å². The highest BCUT2D eigenvalue weighted by Gasteiger charge is 2.23. The van der Waals surface area contributed by atoms with E-state index < -0.39 is 0 Å². The number of rotatable bonds is 3. The molecule has 120 valence electrons. The molecule has 0 bridgehead atoms. The Kier molecular flexibility index (Phi) is 3.78. The topological polar surface area (TPSA) is 46.3 Å². The minimum atomic E-state index is -0.0256. The van der Waals surface area contributed by atoms with Gasteiger partial charge in [-0.2, -0.15) is 0 Å². The number of aromatic nitrogens is 1. The molecule has 1 aromatic carbocycles. The molecule has 1 amide bonds. The van der Waals surface area contributed by atoms with Crippen molar-refractivity contribution in [3.8, 4) is 11.3 Å². The molecule has 5 heteroatoms. The molecule has 3 aromatic rings. The largest absolute Gasteiger partial charge is 0.465 e. The maximum atomic E-state index is 12.4. The number of furan rings is 1. The first-order valence-corrected chi connectivity index (χ1v) is 8.67. The fourth-order valence-electron chi connectivity index (χ4n) is 2.92. The van der Waals surface area contributed by atoms with Crippen molar-refractivity contribution in [2.75, 3.05) is 11.4 Å². The van der Waals surface area contributed by atoms with Crippen molar-refractivity contribution in [3.05, 3.63) is 64.4 Å². The fourth-order valence-corrected chi connectivity index (χ4v) is 3.54. The lowest BCUT2D eigenvalue weighted by Crippen LogP contribution is -2.26. The maximum absolute atomic E-state index is 12.4. The van der Waals surface area contributed by atoms with Crippen LogP contribution in [0.2, 0.25) is 0 Å². The number of aryl methyl sites for hydroxylation is 1. The van der Waals surface area contributed by atoms with Gasteiger partial charge >= 0.3 is 0 Å². The van der Waals surface area contributed by atoms with Gasteiger partial charge in [0.1, 0.15) is 5.76 Å². The van der Waals surface area contributed by atoms with Crippen LogP contribution in [0, 0.1) is 6.92 Å². The number of anilines is 1. The predicted octanol–water partition coefficient (Wildman–Crippen LogP) is 4.31. The summed E-state index contributed by atoms with van der Waals surface area (Å²) in [6.07, 6.45) is 5.72. The third kappa shape index (κ3) is 2.78. The smallest absolute Gasteiger partial charge is 0.251 e. The van der Waals surface area contributed by atoms with Gasteiger partial charge in [-0.15, -0.1) is 11.3 Å². The minimum absolute atomic E-state index is 0.0256. The van der Waals surface area contributed by atoms with Crippen LogP contribution in [0.5, 0.6) is 0 Å². The molecule has 0 spiro atoms. The number of hydrogen-bond donors (Lipinski definition) is 0. The zero-order valence-electron chi connectivity index (χ0n) is 13.2. The van der Waals surface area contributed by atoms with E-state index in [0.29, 0.717) is 12.3 Å². The molecule has 0 fully saturated rings. The summed E-state index contributed by atoms with van der Waals surface area (Å²) < 4.78 is 5.22. The Morgan fingerprint density at radius 1 is 1.38 bits per heavy atom. The normalized spacial score (nSPS) is 13.6. The standard InChI is InChI=1S/C19H16N2O2S/c1-13-20-17(12-24-13)14-4-6-18-15(11-14)8-9-21(18)19(22)7-5-16-3-2-10-23-16/h2-7,10-12H,8-9H2,1H3/b7-5+. The van der Waals surface area contributed by atoms with Gasteiger partial charge in [0, 0.05) is 29.3 Å². The summed E-state index contributed by atoms with van der Waals surface area (Å²) in [6, 6.07) is 9.83. The lowest BCUT2D eigenvalue weighted by molar-refractivity contribution is -0.114. The first-order valence-electron chi connectivity index (χ1n) is 7.79. The van der Waals surface area contributed by atoms with Gasteiger partial charge in [0.05, 0.1) is 17.0 Å². The molecular formula is C19H16N2O2S. The summed E-state index contributed by atoms with van der Waals surface area (Å²) in [7, 11) is 0. The van der Waals surface area contributed by atoms with E-state index in [-0.39, 0.29) is 5.91 Å². The molecule has 0 N–H and O–H groups in total. The highest BCUT2D eigenvalue weighted by Crippen LogP contribution is 2.32. The number of carbonyl (C=O) groups excluding carboxylic acids is 1. The first kappa shape index (κ1) is 14.9. The van der Waals surface area contributed by atoms with Gasteiger partial charge < -0.3 is 9.32 Å². The quantitative estimate of drug-likeness (QED) is 0.669. The molecule has 0 atom stereocenters. The molecular weight excluding hydrogens is 320 g/mol. The number of thiazole rings is 1. The van der Waals surface area contributed by atoms with Crippen LogP contribution in [0.15, 0.2) is 52.5 Å². The summed E-state index contributed by atoms with van der Waals surface area (Å²) in [5.74, 6) is 0.652. The monoisotopic (exact) mass is 336 g/mol. The van der Waals surface area contributed by atoms with Crippen LogP contribution in [-0.2, 0) is 11.2 Å². The van der Waals surface area contributed by atoms with E-state index in [1.807, 2.05) is 30.0 Å².